The number of amides is 1. The monoisotopic (exact) mass is 349 g/mol. The molecule has 2 aliphatic rings. The number of aryl methyl sites for hydroxylation is 1. The molecule has 1 saturated carbocycles. The first-order valence-electron chi connectivity index (χ1n) is 8.05. The van der Waals surface area contributed by atoms with E-state index < -0.39 is 0 Å². The summed E-state index contributed by atoms with van der Waals surface area (Å²) >= 11 is 3.06. The molecule has 7 heteroatoms. The Hall–Kier alpha value is -1.34. The van der Waals surface area contributed by atoms with Crippen molar-refractivity contribution in [3.63, 3.8) is 0 Å². The zero-order valence-corrected chi connectivity index (χ0v) is 14.6. The Balaban J connectivity index is 1.40. The molecule has 1 fully saturated rings. The Kier molecular flexibility index (Phi) is 4.15. The second-order valence-corrected chi connectivity index (χ2v) is 8.47. The predicted octanol–water partition coefficient (Wildman–Crippen LogP) is 3.29. The minimum Gasteiger partial charge on any atom is -0.410 e. The number of hydrogen-bond donors (Lipinski definition) is 1. The fraction of sp³-hybridized carbons (Fsp3) is 0.562. The van der Waals surface area contributed by atoms with Gasteiger partial charge in [0.15, 0.2) is 0 Å². The van der Waals surface area contributed by atoms with E-state index in [0.29, 0.717) is 22.9 Å². The first-order chi connectivity index (χ1) is 11.2. The van der Waals surface area contributed by atoms with E-state index in [0.717, 1.165) is 36.5 Å². The Morgan fingerprint density at radius 1 is 1.43 bits per heavy atom. The molecule has 0 bridgehead atoms. The lowest BCUT2D eigenvalue weighted by Crippen LogP contribution is -2.26. The van der Waals surface area contributed by atoms with E-state index in [9.17, 15) is 4.79 Å². The van der Waals surface area contributed by atoms with Crippen LogP contribution in [0, 0.1) is 5.92 Å². The maximum Gasteiger partial charge on any atom is 0.277 e. The number of hydrogen-bond acceptors (Lipinski definition) is 6. The molecule has 2 aromatic rings. The van der Waals surface area contributed by atoms with Gasteiger partial charge in [0.2, 0.25) is 5.91 Å². The molecular weight excluding hydrogens is 330 g/mol. The molecule has 2 heterocycles. The largest absolute Gasteiger partial charge is 0.410 e. The smallest absolute Gasteiger partial charge is 0.277 e. The third-order valence-electron chi connectivity index (χ3n) is 4.22. The van der Waals surface area contributed by atoms with Gasteiger partial charge in [-0.15, -0.1) is 21.5 Å². The van der Waals surface area contributed by atoms with Crippen molar-refractivity contribution in [2.24, 2.45) is 5.92 Å². The molecule has 1 amide bonds. The second kappa shape index (κ2) is 6.28. The number of aromatic nitrogens is 2. The Bertz CT molecular complexity index is 721. The zero-order chi connectivity index (χ0) is 15.8. The van der Waals surface area contributed by atoms with Gasteiger partial charge in [-0.2, -0.15) is 0 Å². The van der Waals surface area contributed by atoms with Crippen LogP contribution in [0.3, 0.4) is 0 Å². The van der Waals surface area contributed by atoms with E-state index in [1.807, 2.05) is 0 Å². The van der Waals surface area contributed by atoms with Crippen molar-refractivity contribution < 1.29 is 9.21 Å². The van der Waals surface area contributed by atoms with Gasteiger partial charge in [-0.25, -0.2) is 0 Å². The van der Waals surface area contributed by atoms with Gasteiger partial charge >= 0.3 is 0 Å². The molecule has 0 aliphatic heterocycles. The average molecular weight is 349 g/mol. The molecule has 1 N–H and O–H groups in total. The minimum absolute atomic E-state index is 0.0397. The molecular formula is C16H19N3O2S2. The number of nitrogens with zero attached hydrogens (tertiary/aromatic N) is 2. The lowest BCUT2D eigenvalue weighted by Gasteiger charge is -2.16. The van der Waals surface area contributed by atoms with E-state index in [2.05, 4.69) is 28.5 Å². The summed E-state index contributed by atoms with van der Waals surface area (Å²) in [6, 6.07) is 2.58. The van der Waals surface area contributed by atoms with Crippen molar-refractivity contribution in [2.75, 3.05) is 5.75 Å². The Morgan fingerprint density at radius 3 is 3.13 bits per heavy atom. The molecule has 0 unspecified atom stereocenters. The van der Waals surface area contributed by atoms with Gasteiger partial charge in [-0.3, -0.25) is 4.79 Å². The number of thiophene rings is 1. The summed E-state index contributed by atoms with van der Waals surface area (Å²) in [6.45, 7) is 2.30. The molecule has 5 nitrogen and oxygen atoms in total. The van der Waals surface area contributed by atoms with Crippen LogP contribution in [-0.2, 0) is 17.6 Å². The van der Waals surface area contributed by atoms with Crippen LogP contribution in [0.15, 0.2) is 15.7 Å². The van der Waals surface area contributed by atoms with E-state index in [-0.39, 0.29) is 5.91 Å². The molecule has 23 heavy (non-hydrogen) atoms. The number of carbonyl (C=O) groups excluding carboxylic acids is 1. The fourth-order valence-corrected chi connectivity index (χ4v) is 4.51. The van der Waals surface area contributed by atoms with Gasteiger partial charge in [-0.1, -0.05) is 18.7 Å². The molecule has 2 aromatic heterocycles. The summed E-state index contributed by atoms with van der Waals surface area (Å²) < 4.78 is 5.72. The van der Waals surface area contributed by atoms with Crippen LogP contribution in [0.5, 0.6) is 0 Å². The van der Waals surface area contributed by atoms with Crippen LogP contribution in [0.1, 0.15) is 36.6 Å². The molecule has 2 aliphatic carbocycles. The van der Waals surface area contributed by atoms with Crippen LogP contribution < -0.4 is 5.32 Å². The molecule has 0 radical (unpaired) electrons. The molecule has 1 atom stereocenters. The van der Waals surface area contributed by atoms with Crippen LogP contribution in [0.25, 0.3) is 10.8 Å². The molecule has 0 aromatic carbocycles. The average Bonchev–Trinajstić information content (AvgIpc) is 3.06. The summed E-state index contributed by atoms with van der Waals surface area (Å²) in [5.74, 6) is 1.69. The van der Waals surface area contributed by atoms with Crippen LogP contribution in [-0.4, -0.2) is 27.9 Å². The molecule has 0 spiro atoms. The topological polar surface area (TPSA) is 68.0 Å². The van der Waals surface area contributed by atoms with Gasteiger partial charge in [0.1, 0.15) is 0 Å². The number of rotatable bonds is 5. The highest BCUT2D eigenvalue weighted by atomic mass is 32.2. The van der Waals surface area contributed by atoms with E-state index in [1.54, 1.807) is 11.3 Å². The van der Waals surface area contributed by atoms with Crippen LogP contribution in [0.2, 0.25) is 0 Å². The normalized spacial score (nSPS) is 20.3. The van der Waals surface area contributed by atoms with Crippen LogP contribution >= 0.6 is 23.1 Å². The first-order valence-corrected chi connectivity index (χ1v) is 9.85. The SMILES string of the molecule is C[C@H]1CCc2sc(-c3nnc(SCC(=O)NC4CC4)o3)cc2C1. The van der Waals surface area contributed by atoms with E-state index in [1.165, 1.54) is 28.6 Å². The van der Waals surface area contributed by atoms with Crippen molar-refractivity contribution in [2.45, 2.75) is 50.3 Å². The summed E-state index contributed by atoms with van der Waals surface area (Å²) in [4.78, 5) is 14.2. The maximum atomic E-state index is 11.7. The van der Waals surface area contributed by atoms with Gasteiger partial charge < -0.3 is 9.73 Å². The fourth-order valence-electron chi connectivity index (χ4n) is 2.80. The second-order valence-electron chi connectivity index (χ2n) is 6.41. The zero-order valence-electron chi connectivity index (χ0n) is 13.0. The van der Waals surface area contributed by atoms with Gasteiger partial charge in [-0.05, 0) is 49.7 Å². The van der Waals surface area contributed by atoms with Gasteiger partial charge in [0.25, 0.3) is 11.1 Å². The molecule has 0 saturated heterocycles. The minimum atomic E-state index is 0.0397. The van der Waals surface area contributed by atoms with E-state index in [4.69, 9.17) is 4.42 Å². The summed E-state index contributed by atoms with van der Waals surface area (Å²) in [6.07, 6.45) is 5.75. The molecule has 122 valence electrons. The highest BCUT2D eigenvalue weighted by Gasteiger charge is 2.24. The lowest BCUT2D eigenvalue weighted by molar-refractivity contribution is -0.118. The van der Waals surface area contributed by atoms with Gasteiger partial charge in [0.05, 0.1) is 10.6 Å². The first kappa shape index (κ1) is 15.2. The van der Waals surface area contributed by atoms with Crippen molar-refractivity contribution in [1.82, 2.24) is 15.5 Å². The summed E-state index contributed by atoms with van der Waals surface area (Å²) in [7, 11) is 0. The van der Waals surface area contributed by atoms with Gasteiger partial charge in [0, 0.05) is 10.9 Å². The third kappa shape index (κ3) is 3.61. The number of carbonyl (C=O) groups is 1. The number of nitrogens with one attached hydrogen (secondary N) is 1. The Labute approximate surface area is 143 Å². The lowest BCUT2D eigenvalue weighted by atomic mass is 9.90. The van der Waals surface area contributed by atoms with Crippen molar-refractivity contribution in [1.29, 1.82) is 0 Å². The molecule has 4 rings (SSSR count). The number of thioether (sulfide) groups is 1. The predicted molar refractivity (Wildman–Crippen MR) is 90.7 cm³/mol. The summed E-state index contributed by atoms with van der Waals surface area (Å²) in [5.41, 5.74) is 1.43. The standard InChI is InChI=1S/C16H19N3O2S2/c1-9-2-5-12-10(6-9)7-13(23-12)15-18-19-16(21-15)22-8-14(20)17-11-3-4-11/h7,9,11H,2-6,8H2,1H3,(H,17,20)/t9-/m0/s1. The van der Waals surface area contributed by atoms with Crippen molar-refractivity contribution in [3.8, 4) is 10.8 Å². The number of fused-ring (bicyclic) bond motifs is 1. The maximum absolute atomic E-state index is 11.7. The van der Waals surface area contributed by atoms with Crippen LogP contribution in [0.4, 0.5) is 0 Å². The Morgan fingerprint density at radius 2 is 2.30 bits per heavy atom. The van der Waals surface area contributed by atoms with Crippen molar-refractivity contribution in [3.05, 3.63) is 16.5 Å². The summed E-state index contributed by atoms with van der Waals surface area (Å²) in [5, 5.41) is 11.6. The van der Waals surface area contributed by atoms with Crippen molar-refractivity contribution >= 4 is 29.0 Å². The van der Waals surface area contributed by atoms with E-state index >= 15 is 0 Å². The highest BCUT2D eigenvalue weighted by Crippen LogP contribution is 2.37. The quantitative estimate of drug-likeness (QED) is 0.839. The highest BCUT2D eigenvalue weighted by molar-refractivity contribution is 7.99. The third-order valence-corrected chi connectivity index (χ3v) is 6.26.